The predicted octanol–water partition coefficient (Wildman–Crippen LogP) is 1.30. The number of ether oxygens (including phenoxy) is 1. The number of carbonyl (C=O) groups is 2. The molecule has 3 N–H and O–H groups in total. The molecule has 0 aromatic heterocycles. The van der Waals surface area contributed by atoms with Gasteiger partial charge in [-0.1, -0.05) is 24.6 Å². The number of nitrogens with one attached hydrogen (secondary N) is 1. The Balaban J connectivity index is 3.03. The molecular weight excluding hydrogens is 256 g/mol. The summed E-state index contributed by atoms with van der Waals surface area (Å²) >= 11 is 0. The van der Waals surface area contributed by atoms with Crippen molar-refractivity contribution in [1.29, 1.82) is 0 Å². The molecule has 0 saturated carbocycles. The van der Waals surface area contributed by atoms with E-state index in [2.05, 4.69) is 5.32 Å². The van der Waals surface area contributed by atoms with Gasteiger partial charge in [0.05, 0.1) is 5.41 Å². The molecule has 0 aromatic rings. The highest BCUT2D eigenvalue weighted by atomic mass is 16.5. The summed E-state index contributed by atoms with van der Waals surface area (Å²) in [5.41, 5.74) is 6.02. The summed E-state index contributed by atoms with van der Waals surface area (Å²) in [5.74, 6) is -0.537. The normalized spacial score (nSPS) is 21.9. The van der Waals surface area contributed by atoms with Gasteiger partial charge in [0.25, 0.3) is 0 Å². The Kier molecular flexibility index (Phi) is 5.95. The van der Waals surface area contributed by atoms with Gasteiger partial charge in [-0.25, -0.2) is 0 Å². The van der Waals surface area contributed by atoms with Gasteiger partial charge in [0.15, 0.2) is 0 Å². The molecule has 1 unspecified atom stereocenters. The van der Waals surface area contributed by atoms with Crippen molar-refractivity contribution >= 4 is 11.8 Å². The Morgan fingerprint density at radius 3 is 2.75 bits per heavy atom. The maximum absolute atomic E-state index is 12.5. The Morgan fingerprint density at radius 2 is 2.20 bits per heavy atom. The van der Waals surface area contributed by atoms with Gasteiger partial charge in [-0.15, -0.1) is 0 Å². The molecule has 112 valence electrons. The zero-order chi connectivity index (χ0) is 15.2. The number of amides is 2. The fraction of sp³-hybridized carbons (Fsp3) is 0.600. The summed E-state index contributed by atoms with van der Waals surface area (Å²) in [5, 5.41) is 2.91. The van der Waals surface area contributed by atoms with Crippen molar-refractivity contribution in [3.63, 3.8) is 0 Å². The van der Waals surface area contributed by atoms with Crippen LogP contribution in [0, 0.1) is 5.41 Å². The van der Waals surface area contributed by atoms with Crippen LogP contribution in [0.25, 0.3) is 0 Å². The SMILES string of the molecule is CCCNC(=O)C1(CCOC)C=C(C)C=C(C(N)=O)C1. The Hall–Kier alpha value is -1.62. The maximum atomic E-state index is 12.5. The Morgan fingerprint density at radius 1 is 1.50 bits per heavy atom. The third-order valence-electron chi connectivity index (χ3n) is 3.47. The van der Waals surface area contributed by atoms with Gasteiger partial charge < -0.3 is 15.8 Å². The van der Waals surface area contributed by atoms with E-state index in [0.717, 1.165) is 12.0 Å². The number of carbonyl (C=O) groups excluding carboxylic acids is 2. The van der Waals surface area contributed by atoms with Crippen LogP contribution in [0.5, 0.6) is 0 Å². The van der Waals surface area contributed by atoms with Crippen LogP contribution in [0.15, 0.2) is 23.3 Å². The van der Waals surface area contributed by atoms with Crippen molar-refractivity contribution in [3.05, 3.63) is 23.3 Å². The van der Waals surface area contributed by atoms with Crippen molar-refractivity contribution in [1.82, 2.24) is 5.32 Å². The quantitative estimate of drug-likeness (QED) is 0.737. The number of hydrogen-bond donors (Lipinski definition) is 2. The second-order valence-corrected chi connectivity index (χ2v) is 5.25. The lowest BCUT2D eigenvalue weighted by Gasteiger charge is -2.33. The lowest BCUT2D eigenvalue weighted by molar-refractivity contribution is -0.129. The van der Waals surface area contributed by atoms with Crippen molar-refractivity contribution in [2.75, 3.05) is 20.3 Å². The van der Waals surface area contributed by atoms with Crippen LogP contribution < -0.4 is 11.1 Å². The predicted molar refractivity (Wildman–Crippen MR) is 77.9 cm³/mol. The molecule has 5 nitrogen and oxygen atoms in total. The first-order chi connectivity index (χ1) is 9.45. The highest BCUT2D eigenvalue weighted by molar-refractivity contribution is 5.95. The van der Waals surface area contributed by atoms with E-state index in [1.165, 1.54) is 0 Å². The number of methoxy groups -OCH3 is 1. The standard InChI is InChI=1S/C15H24N2O3/c1-4-6-17-14(19)15(5-7-20-3)9-11(2)8-12(10-15)13(16)18/h8-9H,4-7,10H2,1-3H3,(H2,16,18)(H,17,19). The smallest absolute Gasteiger partial charge is 0.244 e. The van der Waals surface area contributed by atoms with Crippen LogP contribution in [0.4, 0.5) is 0 Å². The molecule has 0 spiro atoms. The van der Waals surface area contributed by atoms with Crippen LogP contribution in [-0.4, -0.2) is 32.1 Å². The minimum Gasteiger partial charge on any atom is -0.385 e. The van der Waals surface area contributed by atoms with Crippen molar-refractivity contribution in [2.24, 2.45) is 11.1 Å². The molecule has 0 heterocycles. The first kappa shape index (κ1) is 16.4. The average Bonchev–Trinajstić information content (AvgIpc) is 2.41. The van der Waals surface area contributed by atoms with E-state index < -0.39 is 11.3 Å². The summed E-state index contributed by atoms with van der Waals surface area (Å²) in [6.45, 7) is 4.95. The van der Waals surface area contributed by atoms with Crippen LogP contribution >= 0.6 is 0 Å². The number of rotatable bonds is 7. The minimum absolute atomic E-state index is 0.0670. The van der Waals surface area contributed by atoms with E-state index in [0.29, 0.717) is 31.6 Å². The van der Waals surface area contributed by atoms with Crippen LogP contribution in [0.2, 0.25) is 0 Å². The fourth-order valence-corrected chi connectivity index (χ4v) is 2.47. The second kappa shape index (κ2) is 7.24. The van der Waals surface area contributed by atoms with Crippen molar-refractivity contribution < 1.29 is 14.3 Å². The van der Waals surface area contributed by atoms with Crippen molar-refractivity contribution in [2.45, 2.75) is 33.1 Å². The number of nitrogens with two attached hydrogens (primary N) is 1. The molecule has 20 heavy (non-hydrogen) atoms. The van der Waals surface area contributed by atoms with Crippen LogP contribution in [0.3, 0.4) is 0 Å². The third-order valence-corrected chi connectivity index (χ3v) is 3.47. The summed E-state index contributed by atoms with van der Waals surface area (Å²) in [6, 6.07) is 0. The monoisotopic (exact) mass is 280 g/mol. The first-order valence-corrected chi connectivity index (χ1v) is 6.92. The molecule has 5 heteroatoms. The summed E-state index contributed by atoms with van der Waals surface area (Å²) in [4.78, 5) is 24.0. The van der Waals surface area contributed by atoms with Gasteiger partial charge in [0.2, 0.25) is 11.8 Å². The van der Waals surface area contributed by atoms with E-state index in [4.69, 9.17) is 10.5 Å². The molecule has 0 fully saturated rings. The topological polar surface area (TPSA) is 81.4 Å². The molecule has 2 amide bonds. The van der Waals surface area contributed by atoms with E-state index >= 15 is 0 Å². The van der Waals surface area contributed by atoms with Crippen molar-refractivity contribution in [3.8, 4) is 0 Å². The zero-order valence-corrected chi connectivity index (χ0v) is 12.5. The molecular formula is C15H24N2O3. The summed E-state index contributed by atoms with van der Waals surface area (Å²) in [6.07, 6.45) is 5.40. The molecule has 0 radical (unpaired) electrons. The van der Waals surface area contributed by atoms with Gasteiger partial charge >= 0.3 is 0 Å². The summed E-state index contributed by atoms with van der Waals surface area (Å²) < 4.78 is 5.11. The molecule has 0 aliphatic heterocycles. The number of hydrogen-bond acceptors (Lipinski definition) is 3. The zero-order valence-electron chi connectivity index (χ0n) is 12.5. The van der Waals surface area contributed by atoms with E-state index in [-0.39, 0.29) is 5.91 Å². The number of allylic oxidation sites excluding steroid dienone is 2. The highest BCUT2D eigenvalue weighted by Gasteiger charge is 2.39. The van der Waals surface area contributed by atoms with Gasteiger partial charge in [-0.3, -0.25) is 9.59 Å². The second-order valence-electron chi connectivity index (χ2n) is 5.25. The molecule has 1 rings (SSSR count). The lowest BCUT2D eigenvalue weighted by atomic mass is 9.73. The molecule has 1 atom stereocenters. The average molecular weight is 280 g/mol. The first-order valence-electron chi connectivity index (χ1n) is 6.92. The van der Waals surface area contributed by atoms with Gasteiger partial charge in [0, 0.05) is 25.8 Å². The Labute approximate surface area is 120 Å². The van der Waals surface area contributed by atoms with E-state index in [1.807, 2.05) is 19.9 Å². The fourth-order valence-electron chi connectivity index (χ4n) is 2.47. The van der Waals surface area contributed by atoms with E-state index in [9.17, 15) is 9.59 Å². The molecule has 0 saturated heterocycles. The highest BCUT2D eigenvalue weighted by Crippen LogP contribution is 2.37. The molecule has 0 bridgehead atoms. The molecule has 1 aliphatic carbocycles. The van der Waals surface area contributed by atoms with Crippen LogP contribution in [0.1, 0.15) is 33.1 Å². The lowest BCUT2D eigenvalue weighted by Crippen LogP contribution is -2.43. The van der Waals surface area contributed by atoms with Gasteiger partial charge in [-0.2, -0.15) is 0 Å². The minimum atomic E-state index is -0.742. The van der Waals surface area contributed by atoms with Gasteiger partial charge in [-0.05, 0) is 26.2 Å². The summed E-state index contributed by atoms with van der Waals surface area (Å²) in [7, 11) is 1.60. The number of primary amides is 1. The van der Waals surface area contributed by atoms with Gasteiger partial charge in [0.1, 0.15) is 0 Å². The van der Waals surface area contributed by atoms with Crippen LogP contribution in [-0.2, 0) is 14.3 Å². The Bertz CT molecular complexity index is 440. The largest absolute Gasteiger partial charge is 0.385 e. The third kappa shape index (κ3) is 3.93. The maximum Gasteiger partial charge on any atom is 0.244 e. The molecule has 1 aliphatic rings. The molecule has 0 aromatic carbocycles. The van der Waals surface area contributed by atoms with E-state index in [1.54, 1.807) is 13.2 Å².